The van der Waals surface area contributed by atoms with Gasteiger partial charge in [-0.05, 0) is 25.7 Å². The fourth-order valence-electron chi connectivity index (χ4n) is 2.31. The van der Waals surface area contributed by atoms with Gasteiger partial charge in [-0.3, -0.25) is 0 Å². The number of hydrogen-bond donors (Lipinski definition) is 1. The molecule has 0 radical (unpaired) electrons. The predicted molar refractivity (Wildman–Crippen MR) is 61.3 cm³/mol. The maximum atomic E-state index is 10.0. The molecule has 0 aromatic carbocycles. The molecule has 1 aliphatic rings. The topological polar surface area (TPSA) is 68.4 Å². The quantitative estimate of drug-likeness (QED) is 0.819. The molecule has 96 valence electrons. The van der Waals surface area contributed by atoms with E-state index in [9.17, 15) is 5.11 Å². The second kappa shape index (κ2) is 6.12. The van der Waals surface area contributed by atoms with Crippen LogP contribution in [-0.2, 0) is 17.8 Å². The third kappa shape index (κ3) is 3.51. The van der Waals surface area contributed by atoms with Crippen LogP contribution >= 0.6 is 0 Å². The van der Waals surface area contributed by atoms with Crippen LogP contribution < -0.4 is 0 Å². The normalized spacial score (nSPS) is 18.7. The summed E-state index contributed by atoms with van der Waals surface area (Å²) < 4.78 is 10.3. The van der Waals surface area contributed by atoms with Crippen LogP contribution in [0.5, 0.6) is 0 Å². The maximum absolute atomic E-state index is 10.0. The average Bonchev–Trinajstić information content (AvgIpc) is 2.97. The van der Waals surface area contributed by atoms with Crippen molar-refractivity contribution in [1.82, 2.24) is 10.1 Å². The van der Waals surface area contributed by atoms with Crippen molar-refractivity contribution in [3.8, 4) is 0 Å². The van der Waals surface area contributed by atoms with E-state index in [1.54, 1.807) is 0 Å². The van der Waals surface area contributed by atoms with Gasteiger partial charge in [0.25, 0.3) is 0 Å². The van der Waals surface area contributed by atoms with Crippen LogP contribution in [0.25, 0.3) is 0 Å². The zero-order valence-corrected chi connectivity index (χ0v) is 10.3. The first-order valence-electron chi connectivity index (χ1n) is 6.37. The molecule has 1 aromatic heterocycles. The van der Waals surface area contributed by atoms with Crippen LogP contribution in [0.4, 0.5) is 0 Å². The third-order valence-electron chi connectivity index (χ3n) is 3.27. The molecule has 1 aromatic rings. The Balaban J connectivity index is 1.83. The lowest BCUT2D eigenvalue weighted by atomic mass is 9.98. The molecule has 1 atom stereocenters. The van der Waals surface area contributed by atoms with Crippen LogP contribution in [0, 0.1) is 5.92 Å². The van der Waals surface area contributed by atoms with Gasteiger partial charge in [-0.2, -0.15) is 4.98 Å². The maximum Gasteiger partial charge on any atom is 0.229 e. The van der Waals surface area contributed by atoms with E-state index in [0.29, 0.717) is 37.3 Å². The molecule has 0 saturated heterocycles. The van der Waals surface area contributed by atoms with Gasteiger partial charge >= 0.3 is 0 Å². The SMILES string of the molecule is CCOCc1noc(CC(O)C2CCCC2)n1. The van der Waals surface area contributed by atoms with Gasteiger partial charge in [0.15, 0.2) is 5.82 Å². The third-order valence-corrected chi connectivity index (χ3v) is 3.27. The fraction of sp³-hybridized carbons (Fsp3) is 0.833. The summed E-state index contributed by atoms with van der Waals surface area (Å²) in [6.07, 6.45) is 4.78. The van der Waals surface area contributed by atoms with Gasteiger partial charge in [0, 0.05) is 6.61 Å². The number of aliphatic hydroxyl groups is 1. The molecule has 0 bridgehead atoms. The van der Waals surface area contributed by atoms with Crippen molar-refractivity contribution in [1.29, 1.82) is 0 Å². The van der Waals surface area contributed by atoms with E-state index in [4.69, 9.17) is 9.26 Å². The summed E-state index contributed by atoms with van der Waals surface area (Å²) in [5.74, 6) is 1.47. The fourth-order valence-corrected chi connectivity index (χ4v) is 2.31. The van der Waals surface area contributed by atoms with E-state index in [2.05, 4.69) is 10.1 Å². The van der Waals surface area contributed by atoms with Gasteiger partial charge in [0.05, 0.1) is 12.5 Å². The minimum Gasteiger partial charge on any atom is -0.392 e. The minimum absolute atomic E-state index is 0.349. The molecule has 1 aliphatic carbocycles. The summed E-state index contributed by atoms with van der Waals surface area (Å²) in [7, 11) is 0. The van der Waals surface area contributed by atoms with Crippen LogP contribution in [0.15, 0.2) is 4.52 Å². The van der Waals surface area contributed by atoms with Crippen LogP contribution in [0.2, 0.25) is 0 Å². The predicted octanol–water partition coefficient (Wildman–Crippen LogP) is 1.70. The Morgan fingerprint density at radius 1 is 1.47 bits per heavy atom. The van der Waals surface area contributed by atoms with Gasteiger partial charge in [0.1, 0.15) is 6.61 Å². The summed E-state index contributed by atoms with van der Waals surface area (Å²) >= 11 is 0. The van der Waals surface area contributed by atoms with E-state index in [1.807, 2.05) is 6.92 Å². The second-order valence-electron chi connectivity index (χ2n) is 4.56. The number of nitrogens with zero attached hydrogens (tertiary/aromatic N) is 2. The second-order valence-corrected chi connectivity index (χ2v) is 4.56. The molecule has 5 nitrogen and oxygen atoms in total. The Bertz CT molecular complexity index is 334. The zero-order chi connectivity index (χ0) is 12.1. The highest BCUT2D eigenvalue weighted by atomic mass is 16.5. The Morgan fingerprint density at radius 3 is 2.94 bits per heavy atom. The Morgan fingerprint density at radius 2 is 2.24 bits per heavy atom. The van der Waals surface area contributed by atoms with Gasteiger partial charge in [0.2, 0.25) is 5.89 Å². The lowest BCUT2D eigenvalue weighted by Gasteiger charge is -2.14. The van der Waals surface area contributed by atoms with E-state index < -0.39 is 0 Å². The average molecular weight is 240 g/mol. The smallest absolute Gasteiger partial charge is 0.229 e. The Kier molecular flexibility index (Phi) is 4.50. The van der Waals surface area contributed by atoms with Crippen molar-refractivity contribution in [2.24, 2.45) is 5.92 Å². The molecule has 5 heteroatoms. The van der Waals surface area contributed by atoms with Gasteiger partial charge in [-0.1, -0.05) is 18.0 Å². The number of aromatic nitrogens is 2. The molecule has 0 spiro atoms. The van der Waals surface area contributed by atoms with Gasteiger partial charge < -0.3 is 14.4 Å². The summed E-state index contributed by atoms with van der Waals surface area (Å²) in [4.78, 5) is 4.20. The van der Waals surface area contributed by atoms with Crippen molar-refractivity contribution in [3.05, 3.63) is 11.7 Å². The lowest BCUT2D eigenvalue weighted by Crippen LogP contribution is -2.20. The monoisotopic (exact) mass is 240 g/mol. The highest BCUT2D eigenvalue weighted by Crippen LogP contribution is 2.28. The zero-order valence-electron chi connectivity index (χ0n) is 10.3. The van der Waals surface area contributed by atoms with Crippen molar-refractivity contribution >= 4 is 0 Å². The van der Waals surface area contributed by atoms with Gasteiger partial charge in [-0.25, -0.2) is 0 Å². The summed E-state index contributed by atoms with van der Waals surface area (Å²) in [5, 5.41) is 13.8. The molecular formula is C12H20N2O3. The summed E-state index contributed by atoms with van der Waals surface area (Å²) in [6.45, 7) is 2.93. The van der Waals surface area contributed by atoms with Crippen molar-refractivity contribution < 1.29 is 14.4 Å². The molecule has 0 amide bonds. The van der Waals surface area contributed by atoms with Crippen molar-refractivity contribution in [3.63, 3.8) is 0 Å². The van der Waals surface area contributed by atoms with E-state index in [1.165, 1.54) is 12.8 Å². The summed E-state index contributed by atoms with van der Waals surface area (Å²) in [5.41, 5.74) is 0. The Labute approximate surface area is 101 Å². The van der Waals surface area contributed by atoms with E-state index >= 15 is 0 Å². The van der Waals surface area contributed by atoms with Crippen LogP contribution in [0.3, 0.4) is 0 Å². The standard InChI is InChI=1S/C12H20N2O3/c1-2-16-8-11-13-12(17-14-11)7-10(15)9-5-3-4-6-9/h9-10,15H,2-8H2,1H3. The van der Waals surface area contributed by atoms with Gasteiger partial charge in [-0.15, -0.1) is 0 Å². The minimum atomic E-state index is -0.349. The first-order chi connectivity index (χ1) is 8.29. The first kappa shape index (κ1) is 12.5. The number of ether oxygens (including phenoxy) is 1. The highest BCUT2D eigenvalue weighted by molar-refractivity contribution is 4.89. The lowest BCUT2D eigenvalue weighted by molar-refractivity contribution is 0.102. The number of hydrogen-bond acceptors (Lipinski definition) is 5. The Hall–Kier alpha value is -0.940. The van der Waals surface area contributed by atoms with Crippen molar-refractivity contribution in [2.45, 2.75) is 51.7 Å². The van der Waals surface area contributed by atoms with Crippen LogP contribution in [0.1, 0.15) is 44.3 Å². The largest absolute Gasteiger partial charge is 0.392 e. The van der Waals surface area contributed by atoms with E-state index in [-0.39, 0.29) is 6.10 Å². The first-order valence-corrected chi connectivity index (χ1v) is 6.37. The molecule has 2 rings (SSSR count). The molecule has 0 aliphatic heterocycles. The van der Waals surface area contributed by atoms with Crippen molar-refractivity contribution in [2.75, 3.05) is 6.61 Å². The molecule has 1 heterocycles. The van der Waals surface area contributed by atoms with E-state index in [0.717, 1.165) is 12.8 Å². The molecule has 17 heavy (non-hydrogen) atoms. The molecule has 1 fully saturated rings. The summed E-state index contributed by atoms with van der Waals surface area (Å²) in [6, 6.07) is 0. The highest BCUT2D eigenvalue weighted by Gasteiger charge is 2.25. The molecule has 1 N–H and O–H groups in total. The number of rotatable bonds is 6. The molecular weight excluding hydrogens is 220 g/mol. The molecule has 1 saturated carbocycles. The number of aliphatic hydroxyl groups excluding tert-OH is 1. The molecule has 1 unspecified atom stereocenters. The van der Waals surface area contributed by atoms with Crippen LogP contribution in [-0.4, -0.2) is 28.0 Å².